The van der Waals surface area contributed by atoms with Crippen molar-refractivity contribution in [1.29, 1.82) is 0 Å². The van der Waals surface area contributed by atoms with E-state index in [0.29, 0.717) is 11.7 Å². The van der Waals surface area contributed by atoms with E-state index in [-0.39, 0.29) is 23.5 Å². The highest BCUT2D eigenvalue weighted by Gasteiger charge is 2.11. The van der Waals surface area contributed by atoms with Gasteiger partial charge in [0.1, 0.15) is 5.75 Å². The van der Waals surface area contributed by atoms with Crippen molar-refractivity contribution >= 4 is 15.7 Å². The van der Waals surface area contributed by atoms with E-state index in [1.807, 2.05) is 19.1 Å². The fraction of sp³-hybridized carbons (Fsp3) is 0.381. The number of hydrogen-bond donors (Lipinski definition) is 1. The Bertz CT molecular complexity index is 856. The number of sulfone groups is 1. The normalized spacial score (nSPS) is 12.6. The lowest BCUT2D eigenvalue weighted by molar-refractivity contribution is -0.123. The molecule has 0 spiro atoms. The van der Waals surface area contributed by atoms with Crippen molar-refractivity contribution < 1.29 is 17.9 Å². The van der Waals surface area contributed by atoms with Gasteiger partial charge in [0.05, 0.1) is 10.9 Å². The molecule has 146 valence electrons. The predicted molar refractivity (Wildman–Crippen MR) is 107 cm³/mol. The summed E-state index contributed by atoms with van der Waals surface area (Å²) in [6.45, 7) is 6.17. The van der Waals surface area contributed by atoms with Gasteiger partial charge in [-0.05, 0) is 54.7 Å². The van der Waals surface area contributed by atoms with E-state index in [0.717, 1.165) is 18.2 Å². The molecule has 2 aromatic carbocycles. The first-order valence-corrected chi connectivity index (χ1v) is 10.9. The van der Waals surface area contributed by atoms with Gasteiger partial charge in [0.2, 0.25) is 0 Å². The van der Waals surface area contributed by atoms with Crippen LogP contribution in [0.2, 0.25) is 0 Å². The minimum atomic E-state index is -3.24. The number of rotatable bonds is 8. The largest absolute Gasteiger partial charge is 0.484 e. The van der Waals surface area contributed by atoms with Crippen molar-refractivity contribution in [3.05, 3.63) is 59.7 Å². The van der Waals surface area contributed by atoms with E-state index in [4.69, 9.17) is 4.74 Å². The van der Waals surface area contributed by atoms with Crippen molar-refractivity contribution in [3.63, 3.8) is 0 Å². The third-order valence-electron chi connectivity index (χ3n) is 4.12. The summed E-state index contributed by atoms with van der Waals surface area (Å²) in [5.41, 5.74) is 2.32. The fourth-order valence-electron chi connectivity index (χ4n) is 2.71. The van der Waals surface area contributed by atoms with Gasteiger partial charge in [-0.1, -0.05) is 38.1 Å². The molecule has 2 aromatic rings. The first kappa shape index (κ1) is 21.0. The predicted octanol–water partition coefficient (Wildman–Crippen LogP) is 3.54. The van der Waals surface area contributed by atoms with Gasteiger partial charge in [0.25, 0.3) is 5.91 Å². The van der Waals surface area contributed by atoms with Crippen molar-refractivity contribution in [3.8, 4) is 5.75 Å². The summed E-state index contributed by atoms with van der Waals surface area (Å²) in [7, 11) is -3.24. The molecule has 5 nitrogen and oxygen atoms in total. The van der Waals surface area contributed by atoms with Crippen LogP contribution in [0.3, 0.4) is 0 Å². The van der Waals surface area contributed by atoms with Crippen LogP contribution in [0.5, 0.6) is 5.75 Å². The quantitative estimate of drug-likeness (QED) is 0.749. The third kappa shape index (κ3) is 6.71. The second-order valence-corrected chi connectivity index (χ2v) is 9.18. The zero-order chi connectivity index (χ0) is 20.0. The molecule has 2 rings (SSSR count). The van der Waals surface area contributed by atoms with Gasteiger partial charge in [-0.3, -0.25) is 4.79 Å². The van der Waals surface area contributed by atoms with Gasteiger partial charge in [-0.25, -0.2) is 8.42 Å². The summed E-state index contributed by atoms with van der Waals surface area (Å²) in [5, 5.41) is 2.90. The van der Waals surface area contributed by atoms with E-state index in [2.05, 4.69) is 31.3 Å². The number of ether oxygens (including phenoxy) is 1. The van der Waals surface area contributed by atoms with Gasteiger partial charge in [0, 0.05) is 6.26 Å². The second kappa shape index (κ2) is 9.04. The van der Waals surface area contributed by atoms with Crippen LogP contribution in [0.4, 0.5) is 0 Å². The molecular weight excluding hydrogens is 362 g/mol. The highest BCUT2D eigenvalue weighted by Crippen LogP contribution is 2.17. The minimum Gasteiger partial charge on any atom is -0.484 e. The molecule has 0 saturated heterocycles. The maximum absolute atomic E-state index is 12.1. The van der Waals surface area contributed by atoms with Gasteiger partial charge in [-0.2, -0.15) is 0 Å². The average Bonchev–Trinajstić information content (AvgIpc) is 2.59. The second-order valence-electron chi connectivity index (χ2n) is 7.16. The molecule has 0 bridgehead atoms. The molecule has 0 fully saturated rings. The van der Waals surface area contributed by atoms with Crippen molar-refractivity contribution in [2.75, 3.05) is 12.9 Å². The topological polar surface area (TPSA) is 72.5 Å². The molecule has 0 aliphatic carbocycles. The number of amides is 1. The Morgan fingerprint density at radius 3 is 2.11 bits per heavy atom. The Kier molecular flexibility index (Phi) is 7.02. The van der Waals surface area contributed by atoms with Gasteiger partial charge < -0.3 is 10.1 Å². The number of carbonyl (C=O) groups is 1. The molecule has 1 unspecified atom stereocenters. The number of nitrogens with one attached hydrogen (secondary N) is 1. The van der Waals surface area contributed by atoms with Crippen molar-refractivity contribution in [2.45, 2.75) is 38.1 Å². The minimum absolute atomic E-state index is 0.123. The molecule has 0 heterocycles. The Morgan fingerprint density at radius 2 is 1.59 bits per heavy atom. The van der Waals surface area contributed by atoms with E-state index in [1.54, 1.807) is 12.1 Å². The lowest BCUT2D eigenvalue weighted by Crippen LogP contribution is -2.31. The summed E-state index contributed by atoms with van der Waals surface area (Å²) >= 11 is 0. The van der Waals surface area contributed by atoms with Crippen LogP contribution in [0.15, 0.2) is 53.4 Å². The maximum atomic E-state index is 12.1. The van der Waals surface area contributed by atoms with E-state index >= 15 is 0 Å². The number of carbonyl (C=O) groups excluding carboxylic acids is 1. The molecule has 0 saturated carbocycles. The Morgan fingerprint density at radius 1 is 1.00 bits per heavy atom. The third-order valence-corrected chi connectivity index (χ3v) is 5.25. The molecule has 1 N–H and O–H groups in total. The maximum Gasteiger partial charge on any atom is 0.258 e. The average molecular weight is 390 g/mol. The number of benzene rings is 2. The smallest absolute Gasteiger partial charge is 0.258 e. The summed E-state index contributed by atoms with van der Waals surface area (Å²) in [5.74, 6) is 0.820. The SMILES string of the molecule is CC(C)Cc1ccc(C(C)NC(=O)COc2ccc(S(C)(=O)=O)cc2)cc1. The summed E-state index contributed by atoms with van der Waals surface area (Å²) in [4.78, 5) is 12.3. The standard InChI is InChI=1S/C21H27NO4S/c1-15(2)13-17-5-7-18(8-6-17)16(3)22-21(23)14-26-19-9-11-20(12-10-19)27(4,24)25/h5-12,15-16H,13-14H2,1-4H3,(H,22,23). The molecule has 1 amide bonds. The molecule has 0 aliphatic heterocycles. The fourth-order valence-corrected chi connectivity index (χ4v) is 3.34. The molecule has 6 heteroatoms. The Balaban J connectivity index is 1.86. The molecule has 0 radical (unpaired) electrons. The van der Waals surface area contributed by atoms with Crippen LogP contribution in [-0.4, -0.2) is 27.2 Å². The Hall–Kier alpha value is -2.34. The molecule has 0 aliphatic rings. The molecule has 0 aromatic heterocycles. The van der Waals surface area contributed by atoms with E-state index < -0.39 is 9.84 Å². The van der Waals surface area contributed by atoms with Crippen LogP contribution in [-0.2, 0) is 21.1 Å². The summed E-state index contributed by atoms with van der Waals surface area (Å²) in [6, 6.07) is 14.1. The zero-order valence-electron chi connectivity index (χ0n) is 16.2. The molecule has 1 atom stereocenters. The van der Waals surface area contributed by atoms with Crippen molar-refractivity contribution in [2.24, 2.45) is 5.92 Å². The van der Waals surface area contributed by atoms with Crippen LogP contribution < -0.4 is 10.1 Å². The first-order valence-electron chi connectivity index (χ1n) is 8.96. The highest BCUT2D eigenvalue weighted by molar-refractivity contribution is 7.90. The highest BCUT2D eigenvalue weighted by atomic mass is 32.2. The summed E-state index contributed by atoms with van der Waals surface area (Å²) < 4.78 is 28.3. The van der Waals surface area contributed by atoms with Gasteiger partial charge >= 0.3 is 0 Å². The van der Waals surface area contributed by atoms with E-state index in [9.17, 15) is 13.2 Å². The van der Waals surface area contributed by atoms with Crippen LogP contribution in [0.1, 0.15) is 37.9 Å². The lowest BCUT2D eigenvalue weighted by Gasteiger charge is -2.15. The van der Waals surface area contributed by atoms with Crippen LogP contribution in [0, 0.1) is 5.92 Å². The molecular formula is C21H27NO4S. The van der Waals surface area contributed by atoms with Crippen molar-refractivity contribution in [1.82, 2.24) is 5.32 Å². The Labute approximate surface area is 161 Å². The summed E-state index contributed by atoms with van der Waals surface area (Å²) in [6.07, 6.45) is 2.18. The first-order chi connectivity index (χ1) is 12.6. The molecule has 27 heavy (non-hydrogen) atoms. The monoisotopic (exact) mass is 389 g/mol. The van der Waals surface area contributed by atoms with Crippen LogP contribution in [0.25, 0.3) is 0 Å². The zero-order valence-corrected chi connectivity index (χ0v) is 17.0. The lowest BCUT2D eigenvalue weighted by atomic mass is 10.00. The van der Waals surface area contributed by atoms with Gasteiger partial charge in [-0.15, -0.1) is 0 Å². The van der Waals surface area contributed by atoms with Crippen LogP contribution >= 0.6 is 0 Å². The number of hydrogen-bond acceptors (Lipinski definition) is 4. The van der Waals surface area contributed by atoms with E-state index in [1.165, 1.54) is 17.7 Å². The van der Waals surface area contributed by atoms with Gasteiger partial charge in [0.15, 0.2) is 16.4 Å².